The Morgan fingerprint density at radius 3 is 2.53 bits per heavy atom. The fourth-order valence-corrected chi connectivity index (χ4v) is 1.48. The monoisotopic (exact) mass is 241 g/mol. The minimum atomic E-state index is -1.20. The van der Waals surface area contributed by atoms with Crippen LogP contribution >= 0.6 is 0 Å². The average molecular weight is 241 g/mol. The fourth-order valence-electron chi connectivity index (χ4n) is 1.48. The fraction of sp³-hybridized carbons (Fsp3) is 0.400. The molecule has 0 saturated carbocycles. The van der Waals surface area contributed by atoms with Gasteiger partial charge in [-0.05, 0) is 19.0 Å². The van der Waals surface area contributed by atoms with Crippen LogP contribution in [0, 0.1) is 10.1 Å². The lowest BCUT2D eigenvalue weighted by Gasteiger charge is -2.18. The molecule has 0 amide bonds. The van der Waals surface area contributed by atoms with Gasteiger partial charge >= 0.3 is 0 Å². The van der Waals surface area contributed by atoms with Crippen LogP contribution in [-0.2, 0) is 0 Å². The Balaban J connectivity index is 2.95. The molecule has 17 heavy (non-hydrogen) atoms. The third-order valence-corrected chi connectivity index (χ3v) is 2.43. The Hall–Kier alpha value is -1.70. The van der Waals surface area contributed by atoms with Crippen molar-refractivity contribution in [2.75, 3.05) is 12.3 Å². The molecule has 94 valence electrons. The van der Waals surface area contributed by atoms with Gasteiger partial charge in [-0.3, -0.25) is 10.1 Å². The number of rotatable bonds is 5. The molecule has 0 saturated heterocycles. The number of aliphatic hydroxyl groups is 2. The van der Waals surface area contributed by atoms with E-state index in [1.807, 2.05) is 0 Å². The van der Waals surface area contributed by atoms with E-state index < -0.39 is 17.1 Å². The molecule has 0 spiro atoms. The molecule has 0 heterocycles. The Bertz CT molecular complexity index is 411. The van der Waals surface area contributed by atoms with E-state index in [4.69, 9.17) is 11.5 Å². The largest absolute Gasteiger partial charge is 0.398 e. The van der Waals surface area contributed by atoms with Gasteiger partial charge in [-0.1, -0.05) is 0 Å². The normalized spacial score (nSPS) is 14.3. The summed E-state index contributed by atoms with van der Waals surface area (Å²) in [4.78, 5) is 9.91. The number of nitrogens with two attached hydrogens (primary N) is 2. The molecule has 7 nitrogen and oxygen atoms in total. The molecule has 7 heteroatoms. The highest BCUT2D eigenvalue weighted by Crippen LogP contribution is 2.27. The second-order valence-electron chi connectivity index (χ2n) is 3.66. The lowest BCUT2D eigenvalue weighted by molar-refractivity contribution is -0.384. The molecule has 0 radical (unpaired) electrons. The van der Waals surface area contributed by atoms with Crippen molar-refractivity contribution in [1.82, 2.24) is 0 Å². The summed E-state index contributed by atoms with van der Waals surface area (Å²) < 4.78 is 0. The molecule has 1 aromatic carbocycles. The van der Waals surface area contributed by atoms with E-state index in [9.17, 15) is 20.3 Å². The molecule has 1 rings (SSSR count). The minimum Gasteiger partial charge on any atom is -0.398 e. The Morgan fingerprint density at radius 2 is 2.06 bits per heavy atom. The van der Waals surface area contributed by atoms with Crippen LogP contribution in [0.3, 0.4) is 0 Å². The maximum absolute atomic E-state index is 10.5. The molecule has 0 aromatic heterocycles. The van der Waals surface area contributed by atoms with Gasteiger partial charge in [0.1, 0.15) is 6.10 Å². The quantitative estimate of drug-likeness (QED) is 0.323. The molecule has 0 aliphatic carbocycles. The van der Waals surface area contributed by atoms with Gasteiger partial charge in [0.15, 0.2) is 0 Å². The molecule has 6 N–H and O–H groups in total. The average Bonchev–Trinajstić information content (AvgIpc) is 2.28. The van der Waals surface area contributed by atoms with Crippen molar-refractivity contribution in [3.8, 4) is 0 Å². The third kappa shape index (κ3) is 3.13. The zero-order chi connectivity index (χ0) is 13.0. The first-order valence-electron chi connectivity index (χ1n) is 5.07. The summed E-state index contributed by atoms with van der Waals surface area (Å²) in [7, 11) is 0. The minimum absolute atomic E-state index is 0.0720. The Morgan fingerprint density at radius 1 is 1.41 bits per heavy atom. The van der Waals surface area contributed by atoms with Gasteiger partial charge < -0.3 is 21.7 Å². The Labute approximate surface area is 97.8 Å². The summed E-state index contributed by atoms with van der Waals surface area (Å²) in [6.07, 6.45) is -2.01. The molecular formula is C10H15N3O4. The summed E-state index contributed by atoms with van der Waals surface area (Å²) in [6, 6.07) is 3.70. The third-order valence-electron chi connectivity index (χ3n) is 2.43. The van der Waals surface area contributed by atoms with E-state index in [2.05, 4.69) is 0 Å². The maximum Gasteiger partial charge on any atom is 0.271 e. The molecule has 2 atom stereocenters. The topological polar surface area (TPSA) is 136 Å². The lowest BCUT2D eigenvalue weighted by atomic mass is 10.00. The predicted octanol–water partition coefficient (Wildman–Crippen LogP) is -0.0799. The van der Waals surface area contributed by atoms with Gasteiger partial charge in [-0.15, -0.1) is 0 Å². The number of benzene rings is 1. The first-order chi connectivity index (χ1) is 7.97. The van der Waals surface area contributed by atoms with Crippen LogP contribution in [0.15, 0.2) is 18.2 Å². The van der Waals surface area contributed by atoms with Crippen molar-refractivity contribution in [3.63, 3.8) is 0 Å². The number of nitrogen functional groups attached to an aromatic ring is 1. The smallest absolute Gasteiger partial charge is 0.271 e. The first kappa shape index (κ1) is 13.4. The van der Waals surface area contributed by atoms with Crippen molar-refractivity contribution in [2.45, 2.75) is 18.6 Å². The number of hydrogen-bond donors (Lipinski definition) is 4. The molecule has 0 aliphatic rings. The van der Waals surface area contributed by atoms with E-state index in [0.717, 1.165) is 6.07 Å². The number of aliphatic hydroxyl groups excluding tert-OH is 2. The molecule has 0 fully saturated rings. The van der Waals surface area contributed by atoms with Crippen LogP contribution in [0.5, 0.6) is 0 Å². The van der Waals surface area contributed by atoms with Crippen LogP contribution < -0.4 is 11.5 Å². The summed E-state index contributed by atoms with van der Waals surface area (Å²) in [6.45, 7) is 0.227. The van der Waals surface area contributed by atoms with Gasteiger partial charge in [0.25, 0.3) is 5.69 Å². The van der Waals surface area contributed by atoms with Gasteiger partial charge in [-0.2, -0.15) is 0 Å². The van der Waals surface area contributed by atoms with Crippen molar-refractivity contribution in [1.29, 1.82) is 0 Å². The maximum atomic E-state index is 10.5. The lowest BCUT2D eigenvalue weighted by Crippen LogP contribution is -2.22. The summed E-state index contributed by atoms with van der Waals surface area (Å²) in [5.41, 5.74) is 11.0. The van der Waals surface area contributed by atoms with Gasteiger partial charge in [0, 0.05) is 23.4 Å². The number of nitro groups is 1. The van der Waals surface area contributed by atoms with Crippen LogP contribution in [0.1, 0.15) is 18.1 Å². The van der Waals surface area contributed by atoms with Gasteiger partial charge in [-0.25, -0.2) is 0 Å². The standard InChI is InChI=1S/C10H15N3O4/c11-4-3-9(14)10(15)7-2-1-6(13(16)17)5-8(7)12/h1-2,5,9-10,14-15H,3-4,11-12H2. The number of non-ortho nitro benzene ring substituents is 1. The predicted molar refractivity (Wildman–Crippen MR) is 62.1 cm³/mol. The number of nitro benzene ring substituents is 1. The molecular weight excluding hydrogens is 226 g/mol. The summed E-state index contributed by atoms with van der Waals surface area (Å²) >= 11 is 0. The number of hydrogen-bond acceptors (Lipinski definition) is 6. The van der Waals surface area contributed by atoms with Crippen molar-refractivity contribution < 1.29 is 15.1 Å². The van der Waals surface area contributed by atoms with Gasteiger partial charge in [0.05, 0.1) is 11.0 Å². The summed E-state index contributed by atoms with van der Waals surface area (Å²) in [5.74, 6) is 0. The second kappa shape index (κ2) is 5.58. The highest BCUT2D eigenvalue weighted by Gasteiger charge is 2.21. The van der Waals surface area contributed by atoms with Crippen molar-refractivity contribution in [3.05, 3.63) is 33.9 Å². The zero-order valence-electron chi connectivity index (χ0n) is 9.11. The van der Waals surface area contributed by atoms with Crippen molar-refractivity contribution in [2.24, 2.45) is 5.73 Å². The second-order valence-corrected chi connectivity index (χ2v) is 3.66. The van der Waals surface area contributed by atoms with E-state index in [1.165, 1.54) is 12.1 Å². The zero-order valence-corrected chi connectivity index (χ0v) is 9.11. The van der Waals surface area contributed by atoms with E-state index in [-0.39, 0.29) is 29.9 Å². The van der Waals surface area contributed by atoms with Crippen LogP contribution in [0.25, 0.3) is 0 Å². The first-order valence-corrected chi connectivity index (χ1v) is 5.07. The van der Waals surface area contributed by atoms with Crippen LogP contribution in [-0.4, -0.2) is 27.8 Å². The number of nitrogens with zero attached hydrogens (tertiary/aromatic N) is 1. The Kier molecular flexibility index (Phi) is 4.38. The molecule has 0 aliphatic heterocycles. The SMILES string of the molecule is NCCC(O)C(O)c1ccc([N+](=O)[O-])cc1N. The highest BCUT2D eigenvalue weighted by molar-refractivity contribution is 5.55. The number of anilines is 1. The van der Waals surface area contributed by atoms with E-state index >= 15 is 0 Å². The van der Waals surface area contributed by atoms with Crippen LogP contribution in [0.2, 0.25) is 0 Å². The summed E-state index contributed by atoms with van der Waals surface area (Å²) in [5, 5.41) is 29.8. The molecule has 0 bridgehead atoms. The van der Waals surface area contributed by atoms with Crippen molar-refractivity contribution >= 4 is 11.4 Å². The molecule has 1 aromatic rings. The highest BCUT2D eigenvalue weighted by atomic mass is 16.6. The molecule has 2 unspecified atom stereocenters. The van der Waals surface area contributed by atoms with E-state index in [1.54, 1.807) is 0 Å². The van der Waals surface area contributed by atoms with E-state index in [0.29, 0.717) is 0 Å². The van der Waals surface area contributed by atoms with Crippen LogP contribution in [0.4, 0.5) is 11.4 Å². The van der Waals surface area contributed by atoms with Gasteiger partial charge in [0.2, 0.25) is 0 Å².